The van der Waals surface area contributed by atoms with Crippen molar-refractivity contribution in [2.45, 2.75) is 44.6 Å². The lowest BCUT2D eigenvalue weighted by Gasteiger charge is -2.24. The lowest BCUT2D eigenvalue weighted by atomic mass is 9.85. The number of carbonyl (C=O) groups excluding carboxylic acids is 1. The number of sulfonamides is 1. The van der Waals surface area contributed by atoms with Crippen LogP contribution in [0.3, 0.4) is 0 Å². The third-order valence-corrected chi connectivity index (χ3v) is 5.77. The number of hydrogen-bond donors (Lipinski definition) is 1. The Bertz CT molecular complexity index is 709. The van der Waals surface area contributed by atoms with Gasteiger partial charge in [0.1, 0.15) is 0 Å². The van der Waals surface area contributed by atoms with Crippen LogP contribution in [0.25, 0.3) is 0 Å². The summed E-state index contributed by atoms with van der Waals surface area (Å²) >= 11 is 0. The molecule has 0 fully saturated rings. The summed E-state index contributed by atoms with van der Waals surface area (Å²) in [7, 11) is -3.63. The van der Waals surface area contributed by atoms with Gasteiger partial charge < -0.3 is 4.74 Å². The van der Waals surface area contributed by atoms with Crippen molar-refractivity contribution in [3.8, 4) is 0 Å². The molecule has 24 heavy (non-hydrogen) atoms. The minimum Gasteiger partial charge on any atom is -0.462 e. The number of rotatable bonds is 6. The molecule has 1 aromatic rings. The molecule has 1 aromatic carbocycles. The number of nitrogens with one attached hydrogen (secondary N) is 1. The van der Waals surface area contributed by atoms with Crippen LogP contribution in [0.5, 0.6) is 0 Å². The fourth-order valence-electron chi connectivity index (χ4n) is 2.67. The van der Waals surface area contributed by atoms with Crippen molar-refractivity contribution in [1.82, 2.24) is 4.72 Å². The van der Waals surface area contributed by atoms with E-state index < -0.39 is 16.0 Å². The zero-order valence-corrected chi connectivity index (χ0v) is 15.2. The molecule has 0 aliphatic heterocycles. The SMILES string of the molecule is CC(C)NS(=O)(=O)c1cccc(C(=O)OCC2CC=CCC2C)c1. The van der Waals surface area contributed by atoms with Gasteiger partial charge in [-0.15, -0.1) is 0 Å². The number of carbonyl (C=O) groups is 1. The van der Waals surface area contributed by atoms with Gasteiger partial charge in [0.2, 0.25) is 10.0 Å². The minimum atomic E-state index is -3.63. The first kappa shape index (κ1) is 18.7. The summed E-state index contributed by atoms with van der Waals surface area (Å²) in [4.78, 5) is 12.3. The van der Waals surface area contributed by atoms with Crippen LogP contribution in [-0.4, -0.2) is 27.0 Å². The predicted octanol–water partition coefficient (Wildman–Crippen LogP) is 3.13. The number of benzene rings is 1. The maximum Gasteiger partial charge on any atom is 0.338 e. The van der Waals surface area contributed by atoms with E-state index >= 15 is 0 Å². The Kier molecular flexibility index (Phi) is 6.18. The second-order valence-electron chi connectivity index (χ2n) is 6.58. The van der Waals surface area contributed by atoms with Gasteiger partial charge in [-0.25, -0.2) is 17.9 Å². The summed E-state index contributed by atoms with van der Waals surface area (Å²) in [6.07, 6.45) is 6.17. The van der Waals surface area contributed by atoms with E-state index in [-0.39, 0.29) is 16.5 Å². The standard InChI is InChI=1S/C18H25NO4S/c1-13(2)19-24(21,22)17-10-6-9-15(11-17)18(20)23-12-16-8-5-4-7-14(16)3/h4-6,9-11,13-14,16,19H,7-8,12H2,1-3H3. The Labute approximate surface area is 144 Å². The predicted molar refractivity (Wildman–Crippen MR) is 93.2 cm³/mol. The van der Waals surface area contributed by atoms with Gasteiger partial charge in [0.15, 0.2) is 0 Å². The summed E-state index contributed by atoms with van der Waals surface area (Å²) < 4.78 is 32.3. The van der Waals surface area contributed by atoms with E-state index in [1.54, 1.807) is 26.0 Å². The molecular formula is C18H25NO4S. The average molecular weight is 351 g/mol. The fraction of sp³-hybridized carbons (Fsp3) is 0.500. The smallest absolute Gasteiger partial charge is 0.338 e. The molecule has 0 bridgehead atoms. The molecule has 5 nitrogen and oxygen atoms in total. The average Bonchev–Trinajstić information content (AvgIpc) is 2.53. The molecule has 0 heterocycles. The molecule has 0 amide bonds. The van der Waals surface area contributed by atoms with Crippen LogP contribution in [0.15, 0.2) is 41.3 Å². The first-order valence-electron chi connectivity index (χ1n) is 8.24. The highest BCUT2D eigenvalue weighted by atomic mass is 32.2. The molecule has 0 aromatic heterocycles. The molecule has 0 radical (unpaired) electrons. The highest BCUT2D eigenvalue weighted by molar-refractivity contribution is 7.89. The largest absolute Gasteiger partial charge is 0.462 e. The fourth-order valence-corrected chi connectivity index (χ4v) is 3.97. The first-order chi connectivity index (χ1) is 11.3. The topological polar surface area (TPSA) is 72.5 Å². The van der Waals surface area contributed by atoms with Crippen molar-refractivity contribution in [3.05, 3.63) is 42.0 Å². The van der Waals surface area contributed by atoms with Crippen LogP contribution in [0.2, 0.25) is 0 Å². The van der Waals surface area contributed by atoms with Crippen LogP contribution in [0, 0.1) is 11.8 Å². The normalized spacial score (nSPS) is 21.0. The molecule has 132 valence electrons. The van der Waals surface area contributed by atoms with Gasteiger partial charge in [0.05, 0.1) is 17.1 Å². The summed E-state index contributed by atoms with van der Waals surface area (Å²) in [5.41, 5.74) is 0.251. The van der Waals surface area contributed by atoms with Gasteiger partial charge in [-0.05, 0) is 56.7 Å². The molecule has 6 heteroatoms. The third kappa shape index (κ3) is 4.92. The second kappa shape index (κ2) is 7.94. The highest BCUT2D eigenvalue weighted by Crippen LogP contribution is 2.25. The van der Waals surface area contributed by atoms with Crippen LogP contribution in [0.1, 0.15) is 44.0 Å². The van der Waals surface area contributed by atoms with E-state index in [9.17, 15) is 13.2 Å². The minimum absolute atomic E-state index is 0.0691. The van der Waals surface area contributed by atoms with E-state index in [2.05, 4.69) is 23.8 Å². The number of ether oxygens (including phenoxy) is 1. The molecule has 1 aliphatic rings. The molecule has 1 N–H and O–H groups in total. The molecule has 1 aliphatic carbocycles. The first-order valence-corrected chi connectivity index (χ1v) is 9.72. The van der Waals surface area contributed by atoms with Crippen LogP contribution in [0.4, 0.5) is 0 Å². The van der Waals surface area contributed by atoms with Crippen molar-refractivity contribution in [2.75, 3.05) is 6.61 Å². The molecular weight excluding hydrogens is 326 g/mol. The monoisotopic (exact) mass is 351 g/mol. The van der Waals surface area contributed by atoms with Gasteiger partial charge in [0.25, 0.3) is 0 Å². The van der Waals surface area contributed by atoms with Gasteiger partial charge >= 0.3 is 5.97 Å². The van der Waals surface area contributed by atoms with Crippen molar-refractivity contribution in [1.29, 1.82) is 0 Å². The Morgan fingerprint density at radius 3 is 2.67 bits per heavy atom. The number of allylic oxidation sites excluding steroid dienone is 2. The zero-order chi connectivity index (χ0) is 17.7. The Balaban J connectivity index is 2.05. The Morgan fingerprint density at radius 2 is 2.00 bits per heavy atom. The van der Waals surface area contributed by atoms with Crippen LogP contribution < -0.4 is 4.72 Å². The van der Waals surface area contributed by atoms with E-state index in [0.29, 0.717) is 18.4 Å². The van der Waals surface area contributed by atoms with Crippen molar-refractivity contribution < 1.29 is 17.9 Å². The lowest BCUT2D eigenvalue weighted by Crippen LogP contribution is -2.30. The summed E-state index contributed by atoms with van der Waals surface area (Å²) in [6.45, 7) is 5.99. The Morgan fingerprint density at radius 1 is 1.29 bits per heavy atom. The molecule has 0 saturated heterocycles. The van der Waals surface area contributed by atoms with E-state index in [1.165, 1.54) is 12.1 Å². The van der Waals surface area contributed by atoms with E-state index in [4.69, 9.17) is 4.74 Å². The summed E-state index contributed by atoms with van der Waals surface area (Å²) in [6, 6.07) is 5.73. The van der Waals surface area contributed by atoms with Crippen molar-refractivity contribution >= 4 is 16.0 Å². The van der Waals surface area contributed by atoms with Gasteiger partial charge in [0, 0.05) is 6.04 Å². The lowest BCUT2D eigenvalue weighted by molar-refractivity contribution is 0.0395. The van der Waals surface area contributed by atoms with Crippen LogP contribution in [-0.2, 0) is 14.8 Å². The Hall–Kier alpha value is -1.66. The summed E-state index contributed by atoms with van der Waals surface area (Å²) in [5.74, 6) is 0.302. The molecule has 2 rings (SSSR count). The summed E-state index contributed by atoms with van der Waals surface area (Å²) in [5, 5.41) is 0. The van der Waals surface area contributed by atoms with E-state index in [0.717, 1.165) is 12.8 Å². The van der Waals surface area contributed by atoms with E-state index in [1.807, 2.05) is 0 Å². The quantitative estimate of drug-likeness (QED) is 0.631. The highest BCUT2D eigenvalue weighted by Gasteiger charge is 2.21. The molecule has 2 unspecified atom stereocenters. The van der Waals surface area contributed by atoms with Gasteiger partial charge in [-0.2, -0.15) is 0 Å². The van der Waals surface area contributed by atoms with Crippen molar-refractivity contribution in [2.24, 2.45) is 11.8 Å². The van der Waals surface area contributed by atoms with Gasteiger partial charge in [-0.1, -0.05) is 25.1 Å². The molecule has 0 saturated carbocycles. The molecule has 0 spiro atoms. The number of esters is 1. The maximum absolute atomic E-state index is 12.2. The number of hydrogen-bond acceptors (Lipinski definition) is 4. The van der Waals surface area contributed by atoms with Crippen LogP contribution >= 0.6 is 0 Å². The molecule has 2 atom stereocenters. The second-order valence-corrected chi connectivity index (χ2v) is 8.30. The maximum atomic E-state index is 12.2. The van der Waals surface area contributed by atoms with Gasteiger partial charge in [-0.3, -0.25) is 0 Å². The van der Waals surface area contributed by atoms with Crippen molar-refractivity contribution in [3.63, 3.8) is 0 Å². The zero-order valence-electron chi connectivity index (χ0n) is 14.4. The third-order valence-electron chi connectivity index (χ3n) is 4.12.